The number of carboxylic acid groups (broad SMARTS) is 1. The quantitative estimate of drug-likeness (QED) is 0.793. The van der Waals surface area contributed by atoms with Crippen LogP contribution in [0.25, 0.3) is 0 Å². The van der Waals surface area contributed by atoms with Gasteiger partial charge in [0.15, 0.2) is 0 Å². The second kappa shape index (κ2) is 5.48. The Balaban J connectivity index is 3.23. The number of benzene rings is 1. The van der Waals surface area contributed by atoms with Gasteiger partial charge in [-0.3, -0.25) is 0 Å². The molecule has 1 aromatic carbocycles. The van der Waals surface area contributed by atoms with Gasteiger partial charge in [-0.05, 0) is 11.6 Å². The molecule has 0 atom stereocenters. The van der Waals surface area contributed by atoms with E-state index in [0.29, 0.717) is 17.7 Å². The maximum atomic E-state index is 10.8. The summed E-state index contributed by atoms with van der Waals surface area (Å²) in [5.74, 6) is -1.43. The number of carboxylic acids is 1. The molecule has 0 aromatic heterocycles. The fourth-order valence-electron chi connectivity index (χ4n) is 1.45. The first kappa shape index (κ1) is 12.5. The van der Waals surface area contributed by atoms with Crippen LogP contribution in [0, 0.1) is 0 Å². The Bertz CT molecular complexity index is 386. The Morgan fingerprint density at radius 3 is 2.38 bits per heavy atom. The van der Waals surface area contributed by atoms with E-state index in [1.165, 1.54) is 20.3 Å². The Hall–Kier alpha value is -1.59. The van der Waals surface area contributed by atoms with Crippen molar-refractivity contribution < 1.29 is 24.5 Å². The number of carbonyl (C=O) groups is 1. The molecular weight excluding hydrogens is 212 g/mol. The summed E-state index contributed by atoms with van der Waals surface area (Å²) < 4.78 is 9.88. The third-order valence-electron chi connectivity index (χ3n) is 2.20. The second-order valence-corrected chi connectivity index (χ2v) is 3.27. The molecule has 0 heterocycles. The van der Waals surface area contributed by atoms with Gasteiger partial charge in [-0.15, -0.1) is 0 Å². The smallest absolute Gasteiger partial charge is 0.339 e. The zero-order chi connectivity index (χ0) is 12.1. The van der Waals surface area contributed by atoms with E-state index in [0.717, 1.165) is 0 Å². The number of aromatic hydroxyl groups is 1. The van der Waals surface area contributed by atoms with Crippen molar-refractivity contribution in [2.75, 3.05) is 14.2 Å². The van der Waals surface area contributed by atoms with Crippen LogP contribution in [0.1, 0.15) is 21.5 Å². The molecule has 1 aromatic rings. The molecule has 0 aliphatic carbocycles. The van der Waals surface area contributed by atoms with Crippen molar-refractivity contribution in [2.45, 2.75) is 13.2 Å². The number of phenols is 1. The largest absolute Gasteiger partial charge is 0.507 e. The van der Waals surface area contributed by atoms with Gasteiger partial charge >= 0.3 is 5.97 Å². The van der Waals surface area contributed by atoms with Gasteiger partial charge in [-0.25, -0.2) is 4.79 Å². The lowest BCUT2D eigenvalue weighted by molar-refractivity contribution is 0.0693. The van der Waals surface area contributed by atoms with Gasteiger partial charge in [-0.2, -0.15) is 0 Å². The third-order valence-corrected chi connectivity index (χ3v) is 2.20. The molecule has 0 saturated carbocycles. The fraction of sp³-hybridized carbons (Fsp3) is 0.364. The van der Waals surface area contributed by atoms with E-state index in [1.807, 2.05) is 0 Å². The van der Waals surface area contributed by atoms with Gasteiger partial charge < -0.3 is 19.7 Å². The van der Waals surface area contributed by atoms with Gasteiger partial charge in [0.25, 0.3) is 0 Å². The summed E-state index contributed by atoms with van der Waals surface area (Å²) in [7, 11) is 3.00. The minimum atomic E-state index is -1.17. The highest BCUT2D eigenvalue weighted by molar-refractivity contribution is 5.91. The maximum absolute atomic E-state index is 10.8. The zero-order valence-electron chi connectivity index (χ0n) is 9.19. The second-order valence-electron chi connectivity index (χ2n) is 3.27. The van der Waals surface area contributed by atoms with Gasteiger partial charge in [0.1, 0.15) is 11.3 Å². The average molecular weight is 226 g/mol. The van der Waals surface area contributed by atoms with Crippen LogP contribution in [-0.2, 0) is 22.7 Å². The Morgan fingerprint density at radius 1 is 1.25 bits per heavy atom. The molecule has 5 nitrogen and oxygen atoms in total. The number of hydrogen-bond acceptors (Lipinski definition) is 4. The SMILES string of the molecule is COCc1ccc(C(=O)O)c(O)c1COC. The summed E-state index contributed by atoms with van der Waals surface area (Å²) in [5.41, 5.74) is 1.03. The summed E-state index contributed by atoms with van der Waals surface area (Å²) in [6.45, 7) is 0.442. The molecular formula is C11H14O5. The van der Waals surface area contributed by atoms with Crippen LogP contribution in [0.3, 0.4) is 0 Å². The maximum Gasteiger partial charge on any atom is 0.339 e. The summed E-state index contributed by atoms with van der Waals surface area (Å²) >= 11 is 0. The minimum absolute atomic E-state index is 0.132. The highest BCUT2D eigenvalue weighted by Gasteiger charge is 2.16. The third kappa shape index (κ3) is 2.50. The normalized spacial score (nSPS) is 10.4. The lowest BCUT2D eigenvalue weighted by Crippen LogP contribution is -2.04. The standard InChI is InChI=1S/C11H14O5/c1-15-5-7-3-4-8(11(13)14)10(12)9(7)6-16-2/h3-4,12H,5-6H2,1-2H3,(H,13,14). The average Bonchev–Trinajstić information content (AvgIpc) is 2.23. The van der Waals surface area contributed by atoms with E-state index in [-0.39, 0.29) is 17.9 Å². The number of hydrogen-bond donors (Lipinski definition) is 2. The Morgan fingerprint density at radius 2 is 1.88 bits per heavy atom. The molecule has 0 spiro atoms. The topological polar surface area (TPSA) is 76.0 Å². The molecule has 0 bridgehead atoms. The number of aromatic carboxylic acids is 1. The Kier molecular flexibility index (Phi) is 4.28. The molecule has 0 unspecified atom stereocenters. The van der Waals surface area contributed by atoms with Crippen molar-refractivity contribution in [3.63, 3.8) is 0 Å². The molecule has 88 valence electrons. The first-order chi connectivity index (χ1) is 7.61. The van der Waals surface area contributed by atoms with Crippen molar-refractivity contribution in [3.8, 4) is 5.75 Å². The van der Waals surface area contributed by atoms with Gasteiger partial charge in [0, 0.05) is 19.8 Å². The van der Waals surface area contributed by atoms with Crippen LogP contribution in [0.5, 0.6) is 5.75 Å². The van der Waals surface area contributed by atoms with Crippen molar-refractivity contribution in [3.05, 3.63) is 28.8 Å². The number of rotatable bonds is 5. The summed E-state index contributed by atoms with van der Waals surface area (Å²) in [6, 6.07) is 2.96. The lowest BCUT2D eigenvalue weighted by Gasteiger charge is -2.12. The van der Waals surface area contributed by atoms with Crippen LogP contribution in [-0.4, -0.2) is 30.4 Å². The molecule has 5 heteroatoms. The van der Waals surface area contributed by atoms with Crippen molar-refractivity contribution in [1.82, 2.24) is 0 Å². The first-order valence-corrected chi connectivity index (χ1v) is 4.66. The van der Waals surface area contributed by atoms with E-state index in [2.05, 4.69) is 0 Å². The summed E-state index contributed by atoms with van der Waals surface area (Å²) in [4.78, 5) is 10.8. The van der Waals surface area contributed by atoms with Crippen molar-refractivity contribution in [1.29, 1.82) is 0 Å². The van der Waals surface area contributed by atoms with Crippen LogP contribution in [0.2, 0.25) is 0 Å². The van der Waals surface area contributed by atoms with Crippen LogP contribution >= 0.6 is 0 Å². The van der Waals surface area contributed by atoms with Crippen LogP contribution in [0.4, 0.5) is 0 Å². The van der Waals surface area contributed by atoms with Crippen LogP contribution < -0.4 is 0 Å². The predicted octanol–water partition coefficient (Wildman–Crippen LogP) is 1.38. The van der Waals surface area contributed by atoms with E-state index >= 15 is 0 Å². The molecule has 0 fully saturated rings. The molecule has 0 radical (unpaired) electrons. The zero-order valence-corrected chi connectivity index (χ0v) is 9.19. The first-order valence-electron chi connectivity index (χ1n) is 4.66. The highest BCUT2D eigenvalue weighted by Crippen LogP contribution is 2.27. The van der Waals surface area contributed by atoms with Gasteiger partial charge in [0.05, 0.1) is 13.2 Å². The molecule has 0 saturated heterocycles. The monoisotopic (exact) mass is 226 g/mol. The molecule has 0 aliphatic heterocycles. The molecule has 0 aliphatic rings. The van der Waals surface area contributed by atoms with Crippen molar-refractivity contribution >= 4 is 5.97 Å². The minimum Gasteiger partial charge on any atom is -0.507 e. The van der Waals surface area contributed by atoms with E-state index in [4.69, 9.17) is 14.6 Å². The highest BCUT2D eigenvalue weighted by atomic mass is 16.5. The summed E-state index contributed by atoms with van der Waals surface area (Å²) in [5, 5.41) is 18.6. The van der Waals surface area contributed by atoms with Crippen LogP contribution in [0.15, 0.2) is 12.1 Å². The van der Waals surface area contributed by atoms with E-state index in [9.17, 15) is 9.90 Å². The molecule has 16 heavy (non-hydrogen) atoms. The lowest BCUT2D eigenvalue weighted by atomic mass is 10.0. The number of ether oxygens (including phenoxy) is 2. The number of methoxy groups -OCH3 is 2. The van der Waals surface area contributed by atoms with E-state index < -0.39 is 5.97 Å². The molecule has 1 rings (SSSR count). The summed E-state index contributed by atoms with van der Waals surface area (Å²) in [6.07, 6.45) is 0. The molecule has 2 N–H and O–H groups in total. The van der Waals surface area contributed by atoms with Crippen molar-refractivity contribution in [2.24, 2.45) is 0 Å². The Labute approximate surface area is 93.2 Å². The van der Waals surface area contributed by atoms with Gasteiger partial charge in [-0.1, -0.05) is 6.07 Å². The fourth-order valence-corrected chi connectivity index (χ4v) is 1.45. The van der Waals surface area contributed by atoms with E-state index in [1.54, 1.807) is 6.07 Å². The predicted molar refractivity (Wildman–Crippen MR) is 56.5 cm³/mol. The van der Waals surface area contributed by atoms with Gasteiger partial charge in [0.2, 0.25) is 0 Å². The molecule has 0 amide bonds.